The summed E-state index contributed by atoms with van der Waals surface area (Å²) in [6.07, 6.45) is -5.99. The lowest BCUT2D eigenvalue weighted by Gasteiger charge is -2.39. The van der Waals surface area contributed by atoms with Crippen LogP contribution in [0.2, 0.25) is 0 Å². The molecule has 0 amide bonds. The van der Waals surface area contributed by atoms with E-state index in [4.69, 9.17) is 14.9 Å². The van der Waals surface area contributed by atoms with Gasteiger partial charge in [-0.1, -0.05) is 0 Å². The van der Waals surface area contributed by atoms with E-state index in [1.165, 1.54) is 0 Å². The quantitative estimate of drug-likeness (QED) is 0.317. The van der Waals surface area contributed by atoms with E-state index in [0.29, 0.717) is 0 Å². The van der Waals surface area contributed by atoms with Gasteiger partial charge in [0.2, 0.25) is 0 Å². The maximum atomic E-state index is 9.25. The molecular weight excluding hydrogens is 180 g/mol. The third-order valence-corrected chi connectivity index (χ3v) is 2.17. The van der Waals surface area contributed by atoms with E-state index in [-0.39, 0.29) is 0 Å². The van der Waals surface area contributed by atoms with E-state index in [1.54, 1.807) is 0 Å². The lowest BCUT2D eigenvalue weighted by Crippen LogP contribution is -2.59. The van der Waals surface area contributed by atoms with Crippen LogP contribution in [0.3, 0.4) is 0 Å². The molecule has 0 radical (unpaired) electrons. The Balaban J connectivity index is 2.66. The van der Waals surface area contributed by atoms with E-state index in [9.17, 15) is 15.3 Å². The second-order valence-electron chi connectivity index (χ2n) is 3.05. The first-order valence-electron chi connectivity index (χ1n) is 4.03. The highest BCUT2D eigenvalue weighted by molar-refractivity contribution is 4.91. The predicted octanol–water partition coefficient (Wildman–Crippen LogP) is -3.18. The summed E-state index contributed by atoms with van der Waals surface area (Å²) in [5.74, 6) is 0. The fourth-order valence-electron chi connectivity index (χ4n) is 1.33. The molecule has 0 aliphatic carbocycles. The van der Waals surface area contributed by atoms with Gasteiger partial charge in [-0.05, 0) is 0 Å². The minimum absolute atomic E-state index is 0.471. The molecule has 5 N–H and O–H groups in total. The van der Waals surface area contributed by atoms with E-state index in [0.717, 1.165) is 0 Å². The summed E-state index contributed by atoms with van der Waals surface area (Å²) in [6, 6.07) is 0. The molecule has 78 valence electrons. The maximum absolute atomic E-state index is 9.25. The van der Waals surface area contributed by atoms with Gasteiger partial charge in [0, 0.05) is 0 Å². The van der Waals surface area contributed by atoms with Gasteiger partial charge in [-0.3, -0.25) is 0 Å². The summed E-state index contributed by atoms with van der Waals surface area (Å²) in [6.45, 7) is -0.942. The van der Waals surface area contributed by atoms with Crippen LogP contribution in [0.1, 0.15) is 0 Å². The molecule has 1 heterocycles. The Kier molecular flexibility index (Phi) is 3.60. The molecule has 1 fully saturated rings. The second-order valence-corrected chi connectivity index (χ2v) is 3.05. The minimum atomic E-state index is -1.40. The number of aliphatic hydroxyl groups is 5. The standard InChI is InChI=1S/C7H14O6/c8-1-3-5(10)7(12)6(11)4(2-9)13-3/h3-12H,1-2H2/t3-,4+,5-,6-,7?/m1/s1. The van der Waals surface area contributed by atoms with Gasteiger partial charge in [-0.2, -0.15) is 0 Å². The molecule has 0 aromatic rings. The molecule has 1 aliphatic heterocycles. The van der Waals surface area contributed by atoms with Crippen molar-refractivity contribution in [2.45, 2.75) is 30.5 Å². The average Bonchev–Trinajstić information content (AvgIpc) is 2.15. The van der Waals surface area contributed by atoms with Gasteiger partial charge in [-0.25, -0.2) is 0 Å². The zero-order chi connectivity index (χ0) is 10.0. The number of ether oxygens (including phenoxy) is 1. The molecule has 1 rings (SSSR count). The molecule has 0 aromatic heterocycles. The zero-order valence-electron chi connectivity index (χ0n) is 6.95. The fourth-order valence-corrected chi connectivity index (χ4v) is 1.33. The molecule has 1 saturated heterocycles. The molecule has 0 saturated carbocycles. The van der Waals surface area contributed by atoms with Crippen LogP contribution < -0.4 is 0 Å². The Bertz CT molecular complexity index is 143. The largest absolute Gasteiger partial charge is 0.394 e. The van der Waals surface area contributed by atoms with Gasteiger partial charge in [0.25, 0.3) is 0 Å². The van der Waals surface area contributed by atoms with Gasteiger partial charge in [0.05, 0.1) is 13.2 Å². The highest BCUT2D eigenvalue weighted by Crippen LogP contribution is 2.20. The van der Waals surface area contributed by atoms with Gasteiger partial charge in [0.15, 0.2) is 0 Å². The molecule has 0 spiro atoms. The van der Waals surface area contributed by atoms with Crippen molar-refractivity contribution in [3.8, 4) is 0 Å². The van der Waals surface area contributed by atoms with Crippen LogP contribution in [-0.4, -0.2) is 69.3 Å². The van der Waals surface area contributed by atoms with Crippen molar-refractivity contribution in [2.75, 3.05) is 13.2 Å². The van der Waals surface area contributed by atoms with E-state index < -0.39 is 43.7 Å². The SMILES string of the molecule is OC[C@@H]1O[C@H](CO)[C@@H](O)C(O)[C@@H]1O. The predicted molar refractivity (Wildman–Crippen MR) is 40.9 cm³/mol. The van der Waals surface area contributed by atoms with Crippen LogP contribution in [0.15, 0.2) is 0 Å². The molecule has 5 atom stereocenters. The van der Waals surface area contributed by atoms with Crippen LogP contribution >= 0.6 is 0 Å². The van der Waals surface area contributed by atoms with Crippen molar-refractivity contribution < 1.29 is 30.3 Å². The van der Waals surface area contributed by atoms with Crippen molar-refractivity contribution in [1.29, 1.82) is 0 Å². The first-order chi connectivity index (χ1) is 6.11. The molecular formula is C7H14O6. The van der Waals surface area contributed by atoms with Crippen LogP contribution in [0, 0.1) is 0 Å². The first kappa shape index (κ1) is 10.8. The molecule has 6 heteroatoms. The number of hydrogen-bond acceptors (Lipinski definition) is 6. The molecule has 13 heavy (non-hydrogen) atoms. The van der Waals surface area contributed by atoms with Crippen LogP contribution in [0.5, 0.6) is 0 Å². The monoisotopic (exact) mass is 194 g/mol. The molecule has 1 unspecified atom stereocenters. The summed E-state index contributed by atoms with van der Waals surface area (Å²) in [4.78, 5) is 0. The summed E-state index contributed by atoms with van der Waals surface area (Å²) < 4.78 is 4.92. The highest BCUT2D eigenvalue weighted by atomic mass is 16.6. The lowest BCUT2D eigenvalue weighted by atomic mass is 9.95. The van der Waals surface area contributed by atoms with Crippen molar-refractivity contribution in [2.24, 2.45) is 0 Å². The fraction of sp³-hybridized carbons (Fsp3) is 1.00. The highest BCUT2D eigenvalue weighted by Gasteiger charge is 2.42. The summed E-state index contributed by atoms with van der Waals surface area (Å²) in [5.41, 5.74) is 0. The molecule has 0 bridgehead atoms. The van der Waals surface area contributed by atoms with Gasteiger partial charge in [0.1, 0.15) is 30.5 Å². The number of hydrogen-bond donors (Lipinski definition) is 5. The first-order valence-corrected chi connectivity index (χ1v) is 4.03. The van der Waals surface area contributed by atoms with Gasteiger partial charge >= 0.3 is 0 Å². The van der Waals surface area contributed by atoms with Crippen molar-refractivity contribution >= 4 is 0 Å². The van der Waals surface area contributed by atoms with Crippen molar-refractivity contribution in [3.05, 3.63) is 0 Å². The van der Waals surface area contributed by atoms with Crippen LogP contribution in [0.4, 0.5) is 0 Å². The summed E-state index contributed by atoms with van der Waals surface area (Å²) >= 11 is 0. The average molecular weight is 194 g/mol. The van der Waals surface area contributed by atoms with E-state index >= 15 is 0 Å². The Morgan fingerprint density at radius 2 is 1.15 bits per heavy atom. The third kappa shape index (κ3) is 1.98. The normalized spacial score (nSPS) is 46.4. The number of rotatable bonds is 2. The van der Waals surface area contributed by atoms with Crippen molar-refractivity contribution in [3.63, 3.8) is 0 Å². The Morgan fingerprint density at radius 3 is 1.46 bits per heavy atom. The Labute approximate surface area is 75.0 Å². The Hall–Kier alpha value is -0.240. The van der Waals surface area contributed by atoms with E-state index in [2.05, 4.69) is 0 Å². The van der Waals surface area contributed by atoms with Gasteiger partial charge < -0.3 is 30.3 Å². The molecule has 0 aromatic carbocycles. The molecule has 1 aliphatic rings. The molecule has 6 nitrogen and oxygen atoms in total. The van der Waals surface area contributed by atoms with Crippen molar-refractivity contribution in [1.82, 2.24) is 0 Å². The third-order valence-electron chi connectivity index (χ3n) is 2.17. The summed E-state index contributed by atoms with van der Waals surface area (Å²) in [5, 5.41) is 45.2. The summed E-state index contributed by atoms with van der Waals surface area (Å²) in [7, 11) is 0. The zero-order valence-corrected chi connectivity index (χ0v) is 6.95. The number of aliphatic hydroxyl groups excluding tert-OH is 5. The second kappa shape index (κ2) is 4.32. The van der Waals surface area contributed by atoms with E-state index in [1.807, 2.05) is 0 Å². The Morgan fingerprint density at radius 1 is 0.769 bits per heavy atom. The van der Waals surface area contributed by atoms with Crippen LogP contribution in [-0.2, 0) is 4.74 Å². The van der Waals surface area contributed by atoms with Crippen LogP contribution in [0.25, 0.3) is 0 Å². The van der Waals surface area contributed by atoms with Gasteiger partial charge in [-0.15, -0.1) is 0 Å². The topological polar surface area (TPSA) is 110 Å². The maximum Gasteiger partial charge on any atom is 0.111 e. The minimum Gasteiger partial charge on any atom is -0.394 e. The smallest absolute Gasteiger partial charge is 0.111 e. The lowest BCUT2D eigenvalue weighted by molar-refractivity contribution is -0.235.